The molecule has 1 atom stereocenters. The molecule has 0 fully saturated rings. The number of hydrogen-bond donors (Lipinski definition) is 1. The van der Waals surface area contributed by atoms with Crippen LogP contribution in [0, 0.1) is 0 Å². The quantitative estimate of drug-likeness (QED) is 0.296. The lowest BCUT2D eigenvalue weighted by molar-refractivity contribution is -0.123. The molecule has 1 amide bonds. The molecule has 0 aromatic heterocycles. The number of halogens is 2. The number of nitrogens with one attached hydrogen (secondary N) is 1. The first-order valence-corrected chi connectivity index (χ1v) is 12.6. The summed E-state index contributed by atoms with van der Waals surface area (Å²) in [7, 11) is 1.66. The van der Waals surface area contributed by atoms with E-state index >= 15 is 0 Å². The van der Waals surface area contributed by atoms with Gasteiger partial charge < -0.3 is 14.4 Å². The monoisotopic (exact) mass is 579 g/mol. The van der Waals surface area contributed by atoms with Crippen LogP contribution in [0.15, 0.2) is 44.4 Å². The first kappa shape index (κ1) is 25.6. The highest BCUT2D eigenvalue weighted by atomic mass is 79.9. The first-order chi connectivity index (χ1) is 15.7. The molecule has 33 heavy (non-hydrogen) atoms. The number of hydrazone groups is 1. The Morgan fingerprint density at radius 2 is 2.03 bits per heavy atom. The molecule has 1 heterocycles. The molecule has 0 saturated carbocycles. The fraction of sp³-hybridized carbons (Fsp3) is 0.440. The molecule has 1 unspecified atom stereocenters. The molecule has 0 aliphatic carbocycles. The second-order valence-corrected chi connectivity index (χ2v) is 10.6. The Labute approximate surface area is 213 Å². The van der Waals surface area contributed by atoms with Crippen molar-refractivity contribution in [1.82, 2.24) is 5.43 Å². The number of anilines is 1. The number of fused-ring (bicyclic) bond motifs is 1. The summed E-state index contributed by atoms with van der Waals surface area (Å²) in [4.78, 5) is 14.7. The first-order valence-electron chi connectivity index (χ1n) is 11.1. The van der Waals surface area contributed by atoms with Crippen LogP contribution in [0.4, 0.5) is 5.69 Å². The van der Waals surface area contributed by atoms with Crippen molar-refractivity contribution in [3.8, 4) is 11.5 Å². The van der Waals surface area contributed by atoms with E-state index in [0.29, 0.717) is 11.7 Å². The molecule has 3 rings (SSSR count). The third-order valence-electron chi connectivity index (χ3n) is 5.83. The summed E-state index contributed by atoms with van der Waals surface area (Å²) in [5.74, 6) is 1.38. The maximum atomic E-state index is 12.2. The topological polar surface area (TPSA) is 63.2 Å². The predicted molar refractivity (Wildman–Crippen MR) is 141 cm³/mol. The van der Waals surface area contributed by atoms with Crippen molar-refractivity contribution < 1.29 is 14.3 Å². The van der Waals surface area contributed by atoms with E-state index in [1.165, 1.54) is 11.3 Å². The number of ether oxygens (including phenoxy) is 2. The van der Waals surface area contributed by atoms with E-state index in [4.69, 9.17) is 9.47 Å². The number of rotatable bonds is 8. The summed E-state index contributed by atoms with van der Waals surface area (Å²) >= 11 is 6.81. The van der Waals surface area contributed by atoms with Crippen molar-refractivity contribution in [2.45, 2.75) is 52.0 Å². The molecule has 6 nitrogen and oxygen atoms in total. The molecule has 0 radical (unpaired) electrons. The molecule has 1 N–H and O–H groups in total. The van der Waals surface area contributed by atoms with Crippen LogP contribution >= 0.6 is 31.9 Å². The zero-order valence-electron chi connectivity index (χ0n) is 19.7. The smallest absolute Gasteiger partial charge is 0.277 e. The molecule has 8 heteroatoms. The Kier molecular flexibility index (Phi) is 8.45. The summed E-state index contributed by atoms with van der Waals surface area (Å²) in [5.41, 5.74) is 5.94. The molecular formula is C25H31Br2N3O3. The molecule has 1 aliphatic rings. The average molecular weight is 581 g/mol. The predicted octanol–water partition coefficient (Wildman–Crippen LogP) is 6.25. The molecule has 178 valence electrons. The highest BCUT2D eigenvalue weighted by Gasteiger charge is 2.36. The summed E-state index contributed by atoms with van der Waals surface area (Å²) in [6, 6.07) is 9.72. The van der Waals surface area contributed by atoms with Gasteiger partial charge in [-0.05, 0) is 78.4 Å². The second kappa shape index (κ2) is 10.9. The number of amides is 1. The highest BCUT2D eigenvalue weighted by molar-refractivity contribution is 9.11. The fourth-order valence-corrected chi connectivity index (χ4v) is 5.56. The normalized spacial score (nSPS) is 17.1. The number of nitrogens with zero attached hydrogens (tertiary/aromatic N) is 2. The van der Waals surface area contributed by atoms with Crippen LogP contribution in [0.2, 0.25) is 0 Å². The van der Waals surface area contributed by atoms with Crippen LogP contribution in [-0.4, -0.2) is 37.9 Å². The van der Waals surface area contributed by atoms with Crippen LogP contribution in [0.5, 0.6) is 11.5 Å². The molecule has 1 aliphatic heterocycles. The Morgan fingerprint density at radius 1 is 1.27 bits per heavy atom. The molecular weight excluding hydrogens is 550 g/mol. The third kappa shape index (κ3) is 6.09. The third-order valence-corrected chi connectivity index (χ3v) is 6.94. The minimum Gasteiger partial charge on any atom is -0.496 e. The van der Waals surface area contributed by atoms with Gasteiger partial charge in [0.25, 0.3) is 5.91 Å². The summed E-state index contributed by atoms with van der Waals surface area (Å²) in [6.07, 6.45) is 3.78. The van der Waals surface area contributed by atoms with E-state index in [1.54, 1.807) is 19.4 Å². The van der Waals surface area contributed by atoms with Crippen molar-refractivity contribution in [2.24, 2.45) is 5.10 Å². The number of methoxy groups -OCH3 is 1. The van der Waals surface area contributed by atoms with Crippen LogP contribution in [0.25, 0.3) is 0 Å². The van der Waals surface area contributed by atoms with Crippen molar-refractivity contribution in [3.05, 3.63) is 50.4 Å². The van der Waals surface area contributed by atoms with Gasteiger partial charge in [0.2, 0.25) is 0 Å². The van der Waals surface area contributed by atoms with E-state index in [9.17, 15) is 4.79 Å². The Bertz CT molecular complexity index is 1040. The van der Waals surface area contributed by atoms with E-state index in [2.05, 4.69) is 87.1 Å². The minimum atomic E-state index is -0.345. The maximum absolute atomic E-state index is 12.2. The average Bonchev–Trinajstić information content (AvgIpc) is 2.75. The van der Waals surface area contributed by atoms with Crippen molar-refractivity contribution >= 4 is 49.7 Å². The lowest BCUT2D eigenvalue weighted by Gasteiger charge is -2.47. The van der Waals surface area contributed by atoms with E-state index in [-0.39, 0.29) is 18.1 Å². The Balaban J connectivity index is 1.73. The van der Waals surface area contributed by atoms with Crippen molar-refractivity contribution in [3.63, 3.8) is 0 Å². The maximum Gasteiger partial charge on any atom is 0.277 e. The van der Waals surface area contributed by atoms with E-state index in [1.807, 2.05) is 12.1 Å². The molecule has 0 bridgehead atoms. The van der Waals surface area contributed by atoms with E-state index < -0.39 is 0 Å². The van der Waals surface area contributed by atoms with Crippen molar-refractivity contribution in [2.75, 3.05) is 25.2 Å². The van der Waals surface area contributed by atoms with Gasteiger partial charge in [0.15, 0.2) is 6.61 Å². The number of carbonyl (C=O) groups excluding carboxylic acids is 1. The number of benzene rings is 2. The van der Waals surface area contributed by atoms with Gasteiger partial charge in [-0.3, -0.25) is 4.79 Å². The van der Waals surface area contributed by atoms with Crippen LogP contribution in [-0.2, 0) is 4.79 Å². The van der Waals surface area contributed by atoms with Gasteiger partial charge in [0, 0.05) is 33.9 Å². The fourth-order valence-electron chi connectivity index (χ4n) is 4.39. The lowest BCUT2D eigenvalue weighted by atomic mass is 9.79. The standard InChI is InChI=1S/C25H31Br2N3O3/c1-6-9-30-21-12-23(32-5)17(10-19(21)16(2)13-25(30,3)4)14-28-29-24(31)15-33-22-8-7-18(26)11-20(22)27/h7-8,10-12,14,16H,6,9,13,15H2,1-5H3,(H,29,31)/b28-14+. The molecule has 0 saturated heterocycles. The zero-order valence-corrected chi connectivity index (χ0v) is 22.9. The SMILES string of the molecule is CCCN1c2cc(OC)c(/C=N/NC(=O)COc3ccc(Br)cc3Br)cc2C(C)CC1(C)C. The van der Waals surface area contributed by atoms with Crippen LogP contribution in [0.3, 0.4) is 0 Å². The Hall–Kier alpha value is -2.06. The molecule has 0 spiro atoms. The summed E-state index contributed by atoms with van der Waals surface area (Å²) in [6.45, 7) is 9.91. The zero-order chi connectivity index (χ0) is 24.2. The van der Waals surface area contributed by atoms with Crippen LogP contribution in [0.1, 0.15) is 57.6 Å². The molecule has 2 aromatic carbocycles. The minimum absolute atomic E-state index is 0.0842. The number of hydrogen-bond acceptors (Lipinski definition) is 5. The number of carbonyl (C=O) groups is 1. The van der Waals surface area contributed by atoms with Gasteiger partial charge in [-0.25, -0.2) is 5.43 Å². The van der Waals surface area contributed by atoms with E-state index in [0.717, 1.165) is 39.6 Å². The molecule has 2 aromatic rings. The largest absolute Gasteiger partial charge is 0.496 e. The summed E-state index contributed by atoms with van der Waals surface area (Å²) in [5, 5.41) is 4.14. The van der Waals surface area contributed by atoms with Crippen LogP contribution < -0.4 is 19.8 Å². The van der Waals surface area contributed by atoms with Gasteiger partial charge in [0.05, 0.1) is 17.8 Å². The van der Waals surface area contributed by atoms with Gasteiger partial charge in [-0.1, -0.05) is 29.8 Å². The summed E-state index contributed by atoms with van der Waals surface area (Å²) < 4.78 is 12.9. The Morgan fingerprint density at radius 3 is 2.70 bits per heavy atom. The van der Waals surface area contributed by atoms with Gasteiger partial charge in [-0.15, -0.1) is 0 Å². The highest BCUT2D eigenvalue weighted by Crippen LogP contribution is 2.45. The van der Waals surface area contributed by atoms with Gasteiger partial charge in [0.1, 0.15) is 11.5 Å². The lowest BCUT2D eigenvalue weighted by Crippen LogP contribution is -2.48. The van der Waals surface area contributed by atoms with Gasteiger partial charge in [-0.2, -0.15) is 5.10 Å². The van der Waals surface area contributed by atoms with Crippen molar-refractivity contribution in [1.29, 1.82) is 0 Å². The second-order valence-electron chi connectivity index (χ2n) is 8.88. The van der Waals surface area contributed by atoms with Gasteiger partial charge >= 0.3 is 0 Å².